The number of hydrogen-bond acceptors (Lipinski definition) is 4. The van der Waals surface area contributed by atoms with Crippen LogP contribution in [-0.4, -0.2) is 40.7 Å². The first-order chi connectivity index (χ1) is 15.7. The number of carbonyl (C=O) groups is 1. The molecule has 6 nitrogen and oxygen atoms in total. The second kappa shape index (κ2) is 8.89. The van der Waals surface area contributed by atoms with E-state index in [1.54, 1.807) is 12.1 Å². The van der Waals surface area contributed by atoms with Gasteiger partial charge in [0, 0.05) is 25.2 Å². The number of hydrogen-bond donors (Lipinski definition) is 1. The van der Waals surface area contributed by atoms with Gasteiger partial charge < -0.3 is 10.1 Å². The molecule has 0 bridgehead atoms. The molecule has 0 aliphatic carbocycles. The summed E-state index contributed by atoms with van der Waals surface area (Å²) in [5.41, 5.74) is -2.24. The molecule has 1 amide bonds. The van der Waals surface area contributed by atoms with Gasteiger partial charge in [0.05, 0.1) is 5.69 Å². The SMILES string of the molecule is O=C(NCC1(c2ccc(F)cc2)CCOCC1)c1nnn(-c2ccc(F)cc2)c1C(F)(F)F. The second-order valence-corrected chi connectivity index (χ2v) is 7.75. The highest BCUT2D eigenvalue weighted by Gasteiger charge is 2.43. The van der Waals surface area contributed by atoms with Crippen LogP contribution in [0.2, 0.25) is 0 Å². The van der Waals surface area contributed by atoms with Crippen LogP contribution in [0.4, 0.5) is 22.0 Å². The molecular weight excluding hydrogens is 447 g/mol. The third-order valence-corrected chi connectivity index (χ3v) is 5.72. The fourth-order valence-corrected chi connectivity index (χ4v) is 3.92. The van der Waals surface area contributed by atoms with Crippen LogP contribution in [0.1, 0.15) is 34.6 Å². The smallest absolute Gasteiger partial charge is 0.381 e. The van der Waals surface area contributed by atoms with E-state index in [4.69, 9.17) is 4.74 Å². The quantitative estimate of drug-likeness (QED) is 0.577. The summed E-state index contributed by atoms with van der Waals surface area (Å²) in [6.07, 6.45) is -3.96. The fourth-order valence-electron chi connectivity index (χ4n) is 3.92. The Labute approximate surface area is 185 Å². The van der Waals surface area contributed by atoms with Crippen molar-refractivity contribution in [3.05, 3.63) is 77.1 Å². The molecule has 1 fully saturated rings. The van der Waals surface area contributed by atoms with Gasteiger partial charge in [-0.3, -0.25) is 4.79 Å². The van der Waals surface area contributed by atoms with Crippen LogP contribution < -0.4 is 5.32 Å². The molecular formula is C22H19F5N4O2. The Bertz CT molecular complexity index is 1120. The molecule has 1 saturated heterocycles. The first-order valence-corrected chi connectivity index (χ1v) is 10.1. The van der Waals surface area contributed by atoms with Crippen LogP contribution in [0, 0.1) is 11.6 Å². The number of carbonyl (C=O) groups excluding carboxylic acids is 1. The van der Waals surface area contributed by atoms with Crippen molar-refractivity contribution in [1.82, 2.24) is 20.3 Å². The molecule has 0 spiro atoms. The van der Waals surface area contributed by atoms with Gasteiger partial charge in [-0.1, -0.05) is 17.3 Å². The van der Waals surface area contributed by atoms with Crippen molar-refractivity contribution >= 4 is 5.91 Å². The minimum Gasteiger partial charge on any atom is -0.381 e. The summed E-state index contributed by atoms with van der Waals surface area (Å²) >= 11 is 0. The summed E-state index contributed by atoms with van der Waals surface area (Å²) in [7, 11) is 0. The Hall–Kier alpha value is -3.34. The molecule has 0 saturated carbocycles. The van der Waals surface area contributed by atoms with E-state index in [1.807, 2.05) is 0 Å². The summed E-state index contributed by atoms with van der Waals surface area (Å²) in [5.74, 6) is -2.10. The zero-order valence-electron chi connectivity index (χ0n) is 17.2. The predicted octanol–water partition coefficient (Wildman–Crippen LogP) is 4.04. The van der Waals surface area contributed by atoms with Gasteiger partial charge in [-0.15, -0.1) is 5.10 Å². The third-order valence-electron chi connectivity index (χ3n) is 5.72. The molecule has 2 heterocycles. The van der Waals surface area contributed by atoms with Gasteiger partial charge in [0.25, 0.3) is 5.91 Å². The van der Waals surface area contributed by atoms with Crippen molar-refractivity contribution in [1.29, 1.82) is 0 Å². The molecule has 0 unspecified atom stereocenters. The monoisotopic (exact) mass is 466 g/mol. The highest BCUT2D eigenvalue weighted by Crippen LogP contribution is 2.35. The lowest BCUT2D eigenvalue weighted by atomic mass is 9.74. The van der Waals surface area contributed by atoms with Gasteiger partial charge >= 0.3 is 6.18 Å². The maximum absolute atomic E-state index is 13.8. The Balaban J connectivity index is 1.62. The van der Waals surface area contributed by atoms with Crippen molar-refractivity contribution in [2.24, 2.45) is 0 Å². The first kappa shape index (κ1) is 22.8. The predicted molar refractivity (Wildman–Crippen MR) is 107 cm³/mol. The number of alkyl halides is 3. The normalized spacial score (nSPS) is 15.9. The van der Waals surface area contributed by atoms with E-state index >= 15 is 0 Å². The van der Waals surface area contributed by atoms with Crippen LogP contribution in [0.5, 0.6) is 0 Å². The summed E-state index contributed by atoms with van der Waals surface area (Å²) in [6.45, 7) is 0.783. The van der Waals surface area contributed by atoms with E-state index in [0.717, 1.165) is 29.8 Å². The van der Waals surface area contributed by atoms with Crippen LogP contribution in [0.3, 0.4) is 0 Å². The van der Waals surface area contributed by atoms with E-state index in [-0.39, 0.29) is 12.2 Å². The van der Waals surface area contributed by atoms with E-state index < -0.39 is 40.5 Å². The lowest BCUT2D eigenvalue weighted by Crippen LogP contribution is -2.45. The molecule has 174 valence electrons. The van der Waals surface area contributed by atoms with Crippen molar-refractivity contribution in [3.63, 3.8) is 0 Å². The average Bonchev–Trinajstić information content (AvgIpc) is 3.25. The van der Waals surface area contributed by atoms with E-state index in [1.165, 1.54) is 12.1 Å². The summed E-state index contributed by atoms with van der Waals surface area (Å²) in [4.78, 5) is 12.8. The van der Waals surface area contributed by atoms with E-state index in [2.05, 4.69) is 15.6 Å². The lowest BCUT2D eigenvalue weighted by Gasteiger charge is -2.38. The van der Waals surface area contributed by atoms with Crippen LogP contribution in [-0.2, 0) is 16.3 Å². The van der Waals surface area contributed by atoms with Gasteiger partial charge in [-0.25, -0.2) is 13.5 Å². The lowest BCUT2D eigenvalue weighted by molar-refractivity contribution is -0.143. The Kier molecular flexibility index (Phi) is 6.15. The van der Waals surface area contributed by atoms with Crippen molar-refractivity contribution in [2.75, 3.05) is 19.8 Å². The molecule has 11 heteroatoms. The maximum Gasteiger partial charge on any atom is 0.435 e. The third kappa shape index (κ3) is 4.72. The molecule has 3 aromatic rings. The van der Waals surface area contributed by atoms with Gasteiger partial charge in [0.1, 0.15) is 11.6 Å². The topological polar surface area (TPSA) is 69.0 Å². The van der Waals surface area contributed by atoms with E-state index in [0.29, 0.717) is 30.7 Å². The fraction of sp³-hybridized carbons (Fsp3) is 0.318. The van der Waals surface area contributed by atoms with E-state index in [9.17, 15) is 26.7 Å². The minimum atomic E-state index is -4.95. The second-order valence-electron chi connectivity index (χ2n) is 7.75. The maximum atomic E-state index is 13.8. The van der Waals surface area contributed by atoms with Gasteiger partial charge in [0.2, 0.25) is 0 Å². The molecule has 4 rings (SSSR count). The molecule has 2 aromatic carbocycles. The van der Waals surface area contributed by atoms with Crippen molar-refractivity contribution in [2.45, 2.75) is 24.4 Å². The number of halogens is 5. The molecule has 0 radical (unpaired) electrons. The molecule has 1 aliphatic heterocycles. The van der Waals surface area contributed by atoms with Crippen molar-refractivity contribution < 1.29 is 31.5 Å². The standard InChI is InChI=1S/C22H19F5N4O2/c23-15-3-1-14(2-4-15)21(9-11-33-12-10-21)13-28-20(32)18-19(22(25,26)27)31(30-29-18)17-7-5-16(24)6-8-17/h1-8H,9-13H2,(H,28,32). The minimum absolute atomic E-state index is 0.00152. The molecule has 1 N–H and O–H groups in total. The molecule has 1 aromatic heterocycles. The van der Waals surface area contributed by atoms with Gasteiger partial charge in [-0.2, -0.15) is 13.2 Å². The number of benzene rings is 2. The molecule has 0 atom stereocenters. The largest absolute Gasteiger partial charge is 0.435 e. The van der Waals surface area contributed by atoms with Gasteiger partial charge in [0.15, 0.2) is 11.4 Å². The van der Waals surface area contributed by atoms with Crippen LogP contribution >= 0.6 is 0 Å². The number of nitrogens with zero attached hydrogens (tertiary/aromatic N) is 3. The zero-order valence-corrected chi connectivity index (χ0v) is 17.2. The van der Waals surface area contributed by atoms with Crippen molar-refractivity contribution in [3.8, 4) is 5.69 Å². The summed E-state index contributed by atoms with van der Waals surface area (Å²) < 4.78 is 73.9. The summed E-state index contributed by atoms with van der Waals surface area (Å²) in [6, 6.07) is 9.95. The Morgan fingerprint density at radius 2 is 1.58 bits per heavy atom. The number of aromatic nitrogens is 3. The first-order valence-electron chi connectivity index (χ1n) is 10.1. The highest BCUT2D eigenvalue weighted by atomic mass is 19.4. The Morgan fingerprint density at radius 3 is 2.15 bits per heavy atom. The number of nitrogens with one attached hydrogen (secondary N) is 1. The highest BCUT2D eigenvalue weighted by molar-refractivity contribution is 5.93. The average molecular weight is 466 g/mol. The van der Waals surface area contributed by atoms with Gasteiger partial charge in [-0.05, 0) is 54.8 Å². The molecule has 1 aliphatic rings. The summed E-state index contributed by atoms with van der Waals surface area (Å²) in [5, 5.41) is 9.50. The number of ether oxygens (including phenoxy) is 1. The van der Waals surface area contributed by atoms with Crippen LogP contribution in [0.15, 0.2) is 48.5 Å². The number of amides is 1. The molecule has 33 heavy (non-hydrogen) atoms. The zero-order chi connectivity index (χ0) is 23.6. The van der Waals surface area contributed by atoms with Crippen LogP contribution in [0.25, 0.3) is 5.69 Å². The Morgan fingerprint density at radius 1 is 1.00 bits per heavy atom. The number of rotatable bonds is 5.